The van der Waals surface area contributed by atoms with Crippen LogP contribution in [0.15, 0.2) is 15.8 Å². The maximum atomic E-state index is 15.0. The van der Waals surface area contributed by atoms with Crippen molar-refractivity contribution in [1.82, 2.24) is 12.7 Å². The summed E-state index contributed by atoms with van der Waals surface area (Å²) in [5.74, 6) is -0.682. The van der Waals surface area contributed by atoms with Crippen molar-refractivity contribution in [2.24, 2.45) is 0 Å². The molecule has 0 amide bonds. The zero-order valence-electron chi connectivity index (χ0n) is 14.5. The van der Waals surface area contributed by atoms with Crippen molar-refractivity contribution >= 4 is 49.4 Å². The first-order chi connectivity index (χ1) is 12.1. The van der Waals surface area contributed by atoms with Crippen LogP contribution < -0.4 is 10.6 Å². The molecule has 0 N–H and O–H groups in total. The third kappa shape index (κ3) is 2.48. The predicted molar refractivity (Wildman–Crippen MR) is 105 cm³/mol. The highest BCUT2D eigenvalue weighted by Gasteiger charge is 2.42. The smallest absolute Gasteiger partial charge is 0.347 e. The van der Waals surface area contributed by atoms with Gasteiger partial charge in [-0.1, -0.05) is 0 Å². The molecular weight excluding hydrogens is 474 g/mol. The summed E-state index contributed by atoms with van der Waals surface area (Å²) in [4.78, 5) is 20.2. The fourth-order valence-electron chi connectivity index (χ4n) is 4.16. The Morgan fingerprint density at radius 1 is 1.35 bits per heavy atom. The van der Waals surface area contributed by atoms with Gasteiger partial charge in [-0.25, -0.2) is 20.4 Å². The second-order valence-corrected chi connectivity index (χ2v) is 10.1. The van der Waals surface area contributed by atoms with E-state index in [0.29, 0.717) is 18.6 Å². The Balaban J connectivity index is 2.20. The summed E-state index contributed by atoms with van der Waals surface area (Å²) in [5, 5.41) is 0.209. The summed E-state index contributed by atoms with van der Waals surface area (Å²) in [6, 6.07) is 1.08. The van der Waals surface area contributed by atoms with Crippen LogP contribution in [0.4, 0.5) is 10.2 Å². The maximum Gasteiger partial charge on any atom is 0.359 e. The van der Waals surface area contributed by atoms with Gasteiger partial charge >= 0.3 is 5.69 Å². The standard InChI is InChI=1S/C16H18FIN4O3S/c1-8-4-11-12-14(13(8)17)26(24,25)7-10-6-20(3)5-9(2)21(10)15(12)19-16(23)22(11)18/h4,9-10H,5-7H2,1-3H3. The highest BCUT2D eigenvalue weighted by atomic mass is 127. The second kappa shape index (κ2) is 5.86. The number of sulfone groups is 1. The third-order valence-corrected chi connectivity index (χ3v) is 7.88. The minimum Gasteiger partial charge on any atom is -0.347 e. The number of halogens is 2. The Kier molecular flexibility index (Phi) is 4.08. The SMILES string of the molecule is Cc1cc2c3c(nc(=O)n2I)N2C(C)CN(C)CC2CS(=O)(=O)c3c1F. The molecule has 26 heavy (non-hydrogen) atoms. The van der Waals surface area contributed by atoms with Crippen LogP contribution in [0.3, 0.4) is 0 Å². The second-order valence-electron chi connectivity index (χ2n) is 7.14. The highest BCUT2D eigenvalue weighted by Crippen LogP contribution is 2.40. The zero-order valence-corrected chi connectivity index (χ0v) is 17.5. The van der Waals surface area contributed by atoms with Crippen LogP contribution in [-0.4, -0.2) is 59.1 Å². The lowest BCUT2D eigenvalue weighted by molar-refractivity contribution is 0.240. The van der Waals surface area contributed by atoms with E-state index < -0.39 is 21.3 Å². The molecular formula is C16H18FIN4O3S. The van der Waals surface area contributed by atoms with Gasteiger partial charge in [-0.05, 0) is 32.5 Å². The minimum atomic E-state index is -3.89. The van der Waals surface area contributed by atoms with Crippen molar-refractivity contribution in [3.63, 3.8) is 0 Å². The molecule has 0 spiro atoms. The van der Waals surface area contributed by atoms with Crippen molar-refractivity contribution in [2.75, 3.05) is 30.8 Å². The maximum absolute atomic E-state index is 15.0. The number of hydrogen-bond acceptors (Lipinski definition) is 6. The van der Waals surface area contributed by atoms with Gasteiger partial charge in [0.15, 0.2) is 9.84 Å². The summed E-state index contributed by atoms with van der Waals surface area (Å²) in [6.07, 6.45) is 0. The molecule has 1 saturated heterocycles. The molecule has 2 aromatic rings. The van der Waals surface area contributed by atoms with Crippen LogP contribution in [0.5, 0.6) is 0 Å². The van der Waals surface area contributed by atoms with Crippen molar-refractivity contribution in [3.8, 4) is 0 Å². The Morgan fingerprint density at radius 2 is 2.04 bits per heavy atom. The van der Waals surface area contributed by atoms with Crippen molar-refractivity contribution < 1.29 is 12.8 Å². The molecule has 2 atom stereocenters. The number of aryl methyl sites for hydroxylation is 1. The highest BCUT2D eigenvalue weighted by molar-refractivity contribution is 14.1. The molecule has 0 bridgehead atoms. The quantitative estimate of drug-likeness (QED) is 0.517. The molecule has 10 heteroatoms. The lowest BCUT2D eigenvalue weighted by Crippen LogP contribution is -2.59. The molecule has 2 unspecified atom stereocenters. The molecule has 1 aromatic heterocycles. The van der Waals surface area contributed by atoms with Gasteiger partial charge < -0.3 is 9.80 Å². The fraction of sp³-hybridized carbons (Fsp3) is 0.500. The third-order valence-electron chi connectivity index (χ3n) is 5.12. The molecule has 0 saturated carbocycles. The number of hydrogen-bond donors (Lipinski definition) is 0. The first kappa shape index (κ1) is 18.1. The number of likely N-dealkylation sites (N-methyl/N-ethyl adjacent to an activating group) is 1. The van der Waals surface area contributed by atoms with E-state index in [1.807, 2.05) is 18.9 Å². The van der Waals surface area contributed by atoms with E-state index in [1.54, 1.807) is 22.9 Å². The van der Waals surface area contributed by atoms with Gasteiger partial charge in [0.2, 0.25) is 0 Å². The number of piperazine rings is 1. The van der Waals surface area contributed by atoms with E-state index >= 15 is 0 Å². The van der Waals surface area contributed by atoms with E-state index in [0.717, 1.165) is 0 Å². The molecule has 7 nitrogen and oxygen atoms in total. The molecule has 0 radical (unpaired) electrons. The molecule has 0 aliphatic carbocycles. The average Bonchev–Trinajstić information content (AvgIpc) is 2.61. The van der Waals surface area contributed by atoms with E-state index in [4.69, 9.17) is 0 Å². The van der Waals surface area contributed by atoms with E-state index in [-0.39, 0.29) is 39.5 Å². The van der Waals surface area contributed by atoms with Gasteiger partial charge in [0.05, 0.1) is 45.6 Å². The number of aromatic nitrogens is 2. The van der Waals surface area contributed by atoms with E-state index in [1.165, 1.54) is 15.8 Å². The summed E-state index contributed by atoms with van der Waals surface area (Å²) >= 11 is 1.78. The van der Waals surface area contributed by atoms with Gasteiger partial charge in [-0.15, -0.1) is 0 Å². The van der Waals surface area contributed by atoms with Gasteiger partial charge in [0.1, 0.15) is 16.5 Å². The van der Waals surface area contributed by atoms with Crippen LogP contribution in [0, 0.1) is 12.7 Å². The summed E-state index contributed by atoms with van der Waals surface area (Å²) in [6.45, 7) is 4.69. The number of nitrogens with zero attached hydrogens (tertiary/aromatic N) is 4. The van der Waals surface area contributed by atoms with Gasteiger partial charge in [0, 0.05) is 19.1 Å². The topological polar surface area (TPSA) is 75.5 Å². The average molecular weight is 492 g/mol. The van der Waals surface area contributed by atoms with Crippen LogP contribution >= 0.6 is 22.9 Å². The Hall–Kier alpha value is -1.27. The van der Waals surface area contributed by atoms with Crippen LogP contribution in [0.25, 0.3) is 10.9 Å². The number of anilines is 1. The number of rotatable bonds is 0. The predicted octanol–water partition coefficient (Wildman–Crippen LogP) is 1.34. The minimum absolute atomic E-state index is 0.0515. The van der Waals surface area contributed by atoms with Crippen molar-refractivity contribution in [1.29, 1.82) is 0 Å². The Morgan fingerprint density at radius 3 is 2.73 bits per heavy atom. The molecule has 1 aromatic carbocycles. The largest absolute Gasteiger partial charge is 0.359 e. The van der Waals surface area contributed by atoms with Crippen LogP contribution in [0.1, 0.15) is 12.5 Å². The molecule has 4 rings (SSSR count). The van der Waals surface area contributed by atoms with E-state index in [2.05, 4.69) is 9.88 Å². The van der Waals surface area contributed by atoms with E-state index in [9.17, 15) is 17.6 Å². The summed E-state index contributed by atoms with van der Waals surface area (Å²) < 4.78 is 42.5. The first-order valence-electron chi connectivity index (χ1n) is 8.23. The fourth-order valence-corrected chi connectivity index (χ4v) is 6.53. The lowest BCUT2D eigenvalue weighted by atomic mass is 10.1. The molecule has 2 aliphatic rings. The van der Waals surface area contributed by atoms with Crippen LogP contribution in [0.2, 0.25) is 0 Å². The Bertz CT molecular complexity index is 1100. The molecule has 140 valence electrons. The summed E-state index contributed by atoms with van der Waals surface area (Å²) in [5.41, 5.74) is 0.0853. The zero-order chi connectivity index (χ0) is 19.0. The van der Waals surface area contributed by atoms with Gasteiger partial charge in [-0.3, -0.25) is 0 Å². The van der Waals surface area contributed by atoms with Crippen molar-refractivity contribution in [3.05, 3.63) is 27.9 Å². The summed E-state index contributed by atoms with van der Waals surface area (Å²) in [7, 11) is -1.96. The van der Waals surface area contributed by atoms with Gasteiger partial charge in [-0.2, -0.15) is 4.98 Å². The Labute approximate surface area is 164 Å². The molecule has 3 heterocycles. The monoisotopic (exact) mass is 492 g/mol. The number of fused-ring (bicyclic) bond motifs is 2. The van der Waals surface area contributed by atoms with Crippen molar-refractivity contribution in [2.45, 2.75) is 30.8 Å². The normalized spacial score (nSPS) is 25.2. The molecule has 1 fully saturated rings. The lowest BCUT2D eigenvalue weighted by Gasteiger charge is -2.44. The molecule has 2 aliphatic heterocycles. The number of benzene rings is 1. The van der Waals surface area contributed by atoms with Crippen LogP contribution in [-0.2, 0) is 9.84 Å². The van der Waals surface area contributed by atoms with Gasteiger partial charge in [0.25, 0.3) is 0 Å². The first-order valence-corrected chi connectivity index (χ1v) is 10.8.